The zero-order valence-electron chi connectivity index (χ0n) is 13.0. The van der Waals surface area contributed by atoms with Gasteiger partial charge in [-0.15, -0.1) is 0 Å². The topological polar surface area (TPSA) is 26.3 Å². The van der Waals surface area contributed by atoms with Crippen LogP contribution >= 0.6 is 22.6 Å². The highest BCUT2D eigenvalue weighted by Crippen LogP contribution is 2.18. The Morgan fingerprint density at radius 1 is 1.14 bits per heavy atom. The van der Waals surface area contributed by atoms with Crippen LogP contribution in [0.1, 0.15) is 24.5 Å². The number of Topliss-reactive ketones (excluding diaryl/α,β-unsaturated/α-hetero) is 1. The van der Waals surface area contributed by atoms with Crippen molar-refractivity contribution >= 4 is 28.4 Å². The van der Waals surface area contributed by atoms with Gasteiger partial charge >= 0.3 is 0 Å². The lowest BCUT2D eigenvalue weighted by Gasteiger charge is -2.11. The largest absolute Gasteiger partial charge is 0.497 e. The lowest BCUT2D eigenvalue weighted by Crippen LogP contribution is -2.10. The Hall–Kier alpha value is -1.36. The van der Waals surface area contributed by atoms with Gasteiger partial charge in [0.05, 0.1) is 7.11 Å². The van der Waals surface area contributed by atoms with Crippen molar-refractivity contribution in [2.75, 3.05) is 7.11 Å². The van der Waals surface area contributed by atoms with Crippen molar-refractivity contribution in [1.82, 2.24) is 0 Å². The van der Waals surface area contributed by atoms with Crippen molar-refractivity contribution in [2.24, 2.45) is 5.92 Å². The molecule has 116 valence electrons. The molecule has 0 unspecified atom stereocenters. The molecule has 0 spiro atoms. The fourth-order valence-electron chi connectivity index (χ4n) is 2.56. The highest BCUT2D eigenvalue weighted by Gasteiger charge is 2.11. The van der Waals surface area contributed by atoms with Gasteiger partial charge in [-0.3, -0.25) is 4.79 Å². The molecule has 0 aromatic heterocycles. The number of methoxy groups -OCH3 is 1. The molecule has 0 bridgehead atoms. The molecule has 2 nitrogen and oxygen atoms in total. The van der Waals surface area contributed by atoms with E-state index < -0.39 is 0 Å². The lowest BCUT2D eigenvalue weighted by molar-refractivity contribution is -0.119. The zero-order chi connectivity index (χ0) is 15.9. The fourth-order valence-corrected chi connectivity index (χ4v) is 2.92. The molecule has 0 aliphatic rings. The molecule has 0 heterocycles. The summed E-state index contributed by atoms with van der Waals surface area (Å²) in [7, 11) is 1.67. The molecule has 2 rings (SSSR count). The van der Waals surface area contributed by atoms with Gasteiger partial charge in [0.25, 0.3) is 0 Å². The summed E-state index contributed by atoms with van der Waals surface area (Å²) in [6, 6.07) is 16.2. The fraction of sp³-hybridized carbons (Fsp3) is 0.316. The Kier molecular flexibility index (Phi) is 6.43. The van der Waals surface area contributed by atoms with E-state index in [9.17, 15) is 4.79 Å². The van der Waals surface area contributed by atoms with Crippen LogP contribution in [0.5, 0.6) is 5.75 Å². The SMILES string of the molecule is COc1cccc(C[C@H](C)CC(=O)Cc2ccc(I)cc2)c1. The number of hydrogen-bond acceptors (Lipinski definition) is 2. The minimum Gasteiger partial charge on any atom is -0.497 e. The quantitative estimate of drug-likeness (QED) is 0.622. The zero-order valence-corrected chi connectivity index (χ0v) is 15.2. The van der Waals surface area contributed by atoms with Gasteiger partial charge in [0.15, 0.2) is 0 Å². The first-order valence-electron chi connectivity index (χ1n) is 7.46. The van der Waals surface area contributed by atoms with Gasteiger partial charge in [0.1, 0.15) is 11.5 Å². The predicted molar refractivity (Wildman–Crippen MR) is 98.3 cm³/mol. The Bertz CT molecular complexity index is 620. The van der Waals surface area contributed by atoms with Crippen LogP contribution in [0.2, 0.25) is 0 Å². The normalized spacial score (nSPS) is 12.0. The molecule has 0 fully saturated rings. The summed E-state index contributed by atoms with van der Waals surface area (Å²) in [5.74, 6) is 1.51. The smallest absolute Gasteiger partial charge is 0.137 e. The first-order chi connectivity index (χ1) is 10.6. The highest BCUT2D eigenvalue weighted by atomic mass is 127. The Morgan fingerprint density at radius 2 is 1.86 bits per heavy atom. The van der Waals surface area contributed by atoms with E-state index in [0.717, 1.165) is 17.7 Å². The number of carbonyl (C=O) groups is 1. The Labute approximate surface area is 146 Å². The molecule has 0 amide bonds. The molecule has 0 radical (unpaired) electrons. The summed E-state index contributed by atoms with van der Waals surface area (Å²) >= 11 is 2.27. The monoisotopic (exact) mass is 408 g/mol. The number of hydrogen-bond donors (Lipinski definition) is 0. The van der Waals surface area contributed by atoms with Crippen LogP contribution in [0.15, 0.2) is 48.5 Å². The van der Waals surface area contributed by atoms with E-state index in [0.29, 0.717) is 24.5 Å². The minimum absolute atomic E-state index is 0.302. The van der Waals surface area contributed by atoms with E-state index in [4.69, 9.17) is 4.74 Å². The molecule has 22 heavy (non-hydrogen) atoms. The summed E-state index contributed by atoms with van der Waals surface area (Å²) in [6.07, 6.45) is 2.04. The molecule has 0 aliphatic heterocycles. The third kappa shape index (κ3) is 5.44. The van der Waals surface area contributed by atoms with E-state index in [-0.39, 0.29) is 0 Å². The lowest BCUT2D eigenvalue weighted by atomic mass is 9.94. The maximum atomic E-state index is 12.2. The molecule has 0 aliphatic carbocycles. The van der Waals surface area contributed by atoms with Gasteiger partial charge in [-0.1, -0.05) is 31.2 Å². The molecule has 3 heteroatoms. The summed E-state index contributed by atoms with van der Waals surface area (Å²) < 4.78 is 6.43. The van der Waals surface area contributed by atoms with E-state index in [1.54, 1.807) is 7.11 Å². The molecule has 1 atom stereocenters. The second-order valence-electron chi connectivity index (χ2n) is 5.71. The second-order valence-corrected chi connectivity index (χ2v) is 6.95. The van der Waals surface area contributed by atoms with Crippen molar-refractivity contribution in [2.45, 2.75) is 26.2 Å². The standard InChI is InChI=1S/C19H21IO2/c1-14(10-16-4-3-5-19(13-16)22-2)11-18(21)12-15-6-8-17(20)9-7-15/h3-9,13-14H,10-12H2,1-2H3/t14-/m0/s1. The second kappa shape index (κ2) is 8.32. The average molecular weight is 408 g/mol. The van der Waals surface area contributed by atoms with Crippen LogP contribution < -0.4 is 4.74 Å². The molecular formula is C19H21IO2. The number of rotatable bonds is 7. The van der Waals surface area contributed by atoms with Crippen molar-refractivity contribution in [3.05, 3.63) is 63.2 Å². The first kappa shape index (κ1) is 17.0. The van der Waals surface area contributed by atoms with Crippen LogP contribution in [0.25, 0.3) is 0 Å². The van der Waals surface area contributed by atoms with E-state index >= 15 is 0 Å². The van der Waals surface area contributed by atoms with E-state index in [1.165, 1.54) is 9.13 Å². The van der Waals surface area contributed by atoms with Crippen LogP contribution in [0.3, 0.4) is 0 Å². The van der Waals surface area contributed by atoms with Gasteiger partial charge in [0, 0.05) is 16.4 Å². The number of ketones is 1. The molecule has 2 aromatic carbocycles. The molecule has 2 aromatic rings. The summed E-state index contributed by atoms with van der Waals surface area (Å²) in [4.78, 5) is 12.2. The van der Waals surface area contributed by atoms with Crippen LogP contribution in [-0.2, 0) is 17.6 Å². The van der Waals surface area contributed by atoms with E-state index in [1.807, 2.05) is 42.5 Å². The van der Waals surface area contributed by atoms with Crippen molar-refractivity contribution < 1.29 is 9.53 Å². The third-order valence-electron chi connectivity index (χ3n) is 3.61. The summed E-state index contributed by atoms with van der Waals surface area (Å²) in [5.41, 5.74) is 2.31. The van der Waals surface area contributed by atoms with Crippen LogP contribution in [0, 0.1) is 9.49 Å². The Balaban J connectivity index is 1.86. The van der Waals surface area contributed by atoms with Crippen LogP contribution in [-0.4, -0.2) is 12.9 Å². The van der Waals surface area contributed by atoms with Crippen LogP contribution in [0.4, 0.5) is 0 Å². The van der Waals surface area contributed by atoms with Gasteiger partial charge in [-0.05, 0) is 70.3 Å². The number of benzene rings is 2. The van der Waals surface area contributed by atoms with Crippen molar-refractivity contribution in [1.29, 1.82) is 0 Å². The number of ether oxygens (including phenoxy) is 1. The summed E-state index contributed by atoms with van der Waals surface area (Å²) in [5, 5.41) is 0. The molecule has 0 saturated heterocycles. The minimum atomic E-state index is 0.302. The van der Waals surface area contributed by atoms with Gasteiger partial charge in [-0.2, -0.15) is 0 Å². The van der Waals surface area contributed by atoms with Gasteiger partial charge < -0.3 is 4.74 Å². The molecule has 0 saturated carbocycles. The van der Waals surface area contributed by atoms with Gasteiger partial charge in [-0.25, -0.2) is 0 Å². The summed E-state index contributed by atoms with van der Waals surface area (Å²) in [6.45, 7) is 2.13. The molecular weight excluding hydrogens is 387 g/mol. The maximum Gasteiger partial charge on any atom is 0.137 e. The van der Waals surface area contributed by atoms with Crippen molar-refractivity contribution in [3.8, 4) is 5.75 Å². The average Bonchev–Trinajstić information content (AvgIpc) is 2.49. The Morgan fingerprint density at radius 3 is 2.55 bits per heavy atom. The first-order valence-corrected chi connectivity index (χ1v) is 8.54. The number of halogens is 1. The predicted octanol–water partition coefficient (Wildman–Crippen LogP) is 4.68. The number of carbonyl (C=O) groups excluding carboxylic acids is 1. The third-order valence-corrected chi connectivity index (χ3v) is 4.33. The highest BCUT2D eigenvalue weighted by molar-refractivity contribution is 14.1. The van der Waals surface area contributed by atoms with Gasteiger partial charge in [0.2, 0.25) is 0 Å². The maximum absolute atomic E-state index is 12.2. The van der Waals surface area contributed by atoms with Crippen molar-refractivity contribution in [3.63, 3.8) is 0 Å². The molecule has 0 N–H and O–H groups in total. The van der Waals surface area contributed by atoms with E-state index in [2.05, 4.69) is 35.6 Å².